The van der Waals surface area contributed by atoms with Gasteiger partial charge in [0.25, 0.3) is 5.91 Å². The third kappa shape index (κ3) is 3.92. The summed E-state index contributed by atoms with van der Waals surface area (Å²) in [6.45, 7) is 0.317. The van der Waals surface area contributed by atoms with Crippen LogP contribution in [0.4, 0.5) is 0 Å². The zero-order valence-corrected chi connectivity index (χ0v) is 11.6. The Morgan fingerprint density at radius 3 is 3.05 bits per heavy atom. The number of aliphatic hydroxyl groups excluding tert-OH is 1. The maximum atomic E-state index is 12.0. The van der Waals surface area contributed by atoms with Crippen LogP contribution in [0, 0.1) is 11.8 Å². The number of nitrogens with one attached hydrogen (secondary N) is 1. The lowest BCUT2D eigenvalue weighted by Crippen LogP contribution is -2.25. The van der Waals surface area contributed by atoms with E-state index >= 15 is 0 Å². The molecule has 0 saturated carbocycles. The van der Waals surface area contributed by atoms with Gasteiger partial charge in [-0.25, -0.2) is 0 Å². The average Bonchev–Trinajstić information content (AvgIpc) is 2.94. The van der Waals surface area contributed by atoms with E-state index in [0.29, 0.717) is 23.4 Å². The van der Waals surface area contributed by atoms with Crippen molar-refractivity contribution in [1.82, 2.24) is 10.3 Å². The SMILES string of the molecule is O=C(NCCc1ccccn1)c1sccc1C#CCO. The number of nitrogens with zero attached hydrogens (tertiary/aromatic N) is 1. The van der Waals surface area contributed by atoms with Gasteiger partial charge in [-0.1, -0.05) is 17.9 Å². The third-order valence-corrected chi connectivity index (χ3v) is 3.48. The molecule has 0 saturated heterocycles. The Morgan fingerprint density at radius 2 is 2.30 bits per heavy atom. The molecule has 0 aromatic carbocycles. The van der Waals surface area contributed by atoms with Gasteiger partial charge in [-0.05, 0) is 23.6 Å². The lowest BCUT2D eigenvalue weighted by atomic mass is 10.2. The average molecular weight is 286 g/mol. The van der Waals surface area contributed by atoms with Gasteiger partial charge in [0.15, 0.2) is 0 Å². The summed E-state index contributed by atoms with van der Waals surface area (Å²) < 4.78 is 0. The van der Waals surface area contributed by atoms with E-state index in [0.717, 1.165) is 5.69 Å². The van der Waals surface area contributed by atoms with Crippen molar-refractivity contribution in [2.45, 2.75) is 6.42 Å². The Hall–Kier alpha value is -2.16. The van der Waals surface area contributed by atoms with E-state index in [1.165, 1.54) is 11.3 Å². The first-order valence-corrected chi connectivity index (χ1v) is 7.04. The molecule has 4 nitrogen and oxygen atoms in total. The summed E-state index contributed by atoms with van der Waals surface area (Å²) in [5, 5.41) is 13.4. The fourth-order valence-electron chi connectivity index (χ4n) is 1.65. The van der Waals surface area contributed by atoms with Gasteiger partial charge in [-0.15, -0.1) is 11.3 Å². The van der Waals surface area contributed by atoms with Crippen LogP contribution in [0.2, 0.25) is 0 Å². The maximum absolute atomic E-state index is 12.0. The molecule has 2 aromatic heterocycles. The zero-order chi connectivity index (χ0) is 14.2. The molecule has 0 aliphatic heterocycles. The number of hydrogen-bond donors (Lipinski definition) is 2. The highest BCUT2D eigenvalue weighted by atomic mass is 32.1. The number of rotatable bonds is 4. The van der Waals surface area contributed by atoms with Crippen molar-refractivity contribution in [2.24, 2.45) is 0 Å². The van der Waals surface area contributed by atoms with E-state index in [2.05, 4.69) is 22.1 Å². The van der Waals surface area contributed by atoms with Crippen molar-refractivity contribution >= 4 is 17.2 Å². The number of amides is 1. The van der Waals surface area contributed by atoms with Crippen LogP contribution < -0.4 is 5.32 Å². The Bertz CT molecular complexity index is 626. The number of carbonyl (C=O) groups excluding carboxylic acids is 1. The molecule has 102 valence electrons. The monoisotopic (exact) mass is 286 g/mol. The fraction of sp³-hybridized carbons (Fsp3) is 0.200. The second-order valence-corrected chi connectivity index (χ2v) is 4.87. The molecule has 0 aliphatic carbocycles. The standard InChI is InChI=1S/C15H14N2O2S/c18-10-3-4-12-7-11-20-14(12)15(19)17-9-6-13-5-1-2-8-16-13/h1-2,5,7-8,11,18H,6,9-10H2,(H,17,19). The van der Waals surface area contributed by atoms with E-state index in [9.17, 15) is 4.79 Å². The summed E-state index contributed by atoms with van der Waals surface area (Å²) in [5.74, 6) is 5.18. The lowest BCUT2D eigenvalue weighted by molar-refractivity contribution is 0.0958. The molecule has 0 spiro atoms. The molecular formula is C15H14N2O2S. The van der Waals surface area contributed by atoms with Gasteiger partial charge in [0.1, 0.15) is 11.5 Å². The predicted octanol–water partition coefficient (Wildman–Crippen LogP) is 1.46. The van der Waals surface area contributed by atoms with E-state index in [1.54, 1.807) is 12.3 Å². The van der Waals surface area contributed by atoms with Crippen LogP contribution in [0.3, 0.4) is 0 Å². The highest BCUT2D eigenvalue weighted by Crippen LogP contribution is 2.15. The van der Waals surface area contributed by atoms with Crippen LogP contribution in [0.25, 0.3) is 0 Å². The zero-order valence-electron chi connectivity index (χ0n) is 10.8. The highest BCUT2D eigenvalue weighted by Gasteiger charge is 2.11. The molecule has 0 unspecified atom stereocenters. The highest BCUT2D eigenvalue weighted by molar-refractivity contribution is 7.12. The molecule has 2 heterocycles. The Balaban J connectivity index is 1.91. The minimum Gasteiger partial charge on any atom is -0.384 e. The molecule has 2 aromatic rings. The minimum absolute atomic E-state index is 0.141. The lowest BCUT2D eigenvalue weighted by Gasteiger charge is -2.03. The minimum atomic E-state index is -0.212. The number of pyridine rings is 1. The van der Waals surface area contributed by atoms with Crippen LogP contribution in [-0.4, -0.2) is 29.1 Å². The number of carbonyl (C=O) groups is 1. The van der Waals surface area contributed by atoms with E-state index < -0.39 is 0 Å². The number of aromatic nitrogens is 1. The van der Waals surface area contributed by atoms with Gasteiger partial charge in [0.2, 0.25) is 0 Å². The molecule has 0 fully saturated rings. The molecular weight excluding hydrogens is 272 g/mol. The van der Waals surface area contributed by atoms with Gasteiger partial charge in [0, 0.05) is 30.4 Å². The van der Waals surface area contributed by atoms with E-state index in [4.69, 9.17) is 5.11 Å². The van der Waals surface area contributed by atoms with Crippen molar-refractivity contribution in [3.05, 3.63) is 52.0 Å². The Kier molecular flexibility index (Phi) is 5.30. The largest absolute Gasteiger partial charge is 0.384 e. The molecule has 0 aliphatic rings. The number of aliphatic hydroxyl groups is 1. The van der Waals surface area contributed by atoms with Crippen molar-refractivity contribution in [3.63, 3.8) is 0 Å². The van der Waals surface area contributed by atoms with Crippen LogP contribution in [0.15, 0.2) is 35.8 Å². The molecule has 0 radical (unpaired) electrons. The predicted molar refractivity (Wildman–Crippen MR) is 78.6 cm³/mol. The summed E-state index contributed by atoms with van der Waals surface area (Å²) in [5.41, 5.74) is 1.60. The molecule has 5 heteroatoms. The van der Waals surface area contributed by atoms with Gasteiger partial charge >= 0.3 is 0 Å². The smallest absolute Gasteiger partial charge is 0.262 e. The molecule has 0 bridgehead atoms. The first kappa shape index (κ1) is 14.3. The topological polar surface area (TPSA) is 62.2 Å². The Labute approximate surface area is 121 Å². The second-order valence-electron chi connectivity index (χ2n) is 3.95. The van der Waals surface area contributed by atoms with Crippen molar-refractivity contribution in [1.29, 1.82) is 0 Å². The fourth-order valence-corrected chi connectivity index (χ4v) is 2.41. The summed E-state index contributed by atoms with van der Waals surface area (Å²) in [6.07, 6.45) is 2.43. The van der Waals surface area contributed by atoms with Crippen molar-refractivity contribution in [2.75, 3.05) is 13.2 Å². The first-order valence-electron chi connectivity index (χ1n) is 6.16. The molecule has 1 amide bonds. The summed E-state index contributed by atoms with van der Waals surface area (Å²) in [7, 11) is 0. The first-order chi connectivity index (χ1) is 9.81. The molecule has 2 N–H and O–H groups in total. The Morgan fingerprint density at radius 1 is 1.40 bits per heavy atom. The second kappa shape index (κ2) is 7.43. The van der Waals surface area contributed by atoms with Crippen LogP contribution in [-0.2, 0) is 6.42 Å². The molecule has 2 rings (SSSR count). The van der Waals surface area contributed by atoms with Crippen molar-refractivity contribution < 1.29 is 9.90 Å². The summed E-state index contributed by atoms with van der Waals surface area (Å²) in [4.78, 5) is 16.8. The van der Waals surface area contributed by atoms with Gasteiger partial charge in [-0.3, -0.25) is 9.78 Å². The number of hydrogen-bond acceptors (Lipinski definition) is 4. The quantitative estimate of drug-likeness (QED) is 0.837. The van der Waals surface area contributed by atoms with Gasteiger partial charge in [-0.2, -0.15) is 0 Å². The third-order valence-electron chi connectivity index (χ3n) is 2.57. The molecule has 20 heavy (non-hydrogen) atoms. The molecule has 0 atom stereocenters. The number of thiophene rings is 1. The van der Waals surface area contributed by atoms with Crippen LogP contribution in [0.5, 0.6) is 0 Å². The summed E-state index contributed by atoms with van der Waals surface area (Å²) >= 11 is 1.34. The maximum Gasteiger partial charge on any atom is 0.262 e. The van der Waals surface area contributed by atoms with E-state index in [-0.39, 0.29) is 12.5 Å². The van der Waals surface area contributed by atoms with Gasteiger partial charge in [0.05, 0.1) is 0 Å². The van der Waals surface area contributed by atoms with Crippen molar-refractivity contribution in [3.8, 4) is 11.8 Å². The summed E-state index contributed by atoms with van der Waals surface area (Å²) in [6, 6.07) is 7.49. The normalized spacial score (nSPS) is 9.65. The van der Waals surface area contributed by atoms with E-state index in [1.807, 2.05) is 23.6 Å². The van der Waals surface area contributed by atoms with Crippen LogP contribution >= 0.6 is 11.3 Å². The van der Waals surface area contributed by atoms with Crippen LogP contribution in [0.1, 0.15) is 20.9 Å². The van der Waals surface area contributed by atoms with Gasteiger partial charge < -0.3 is 10.4 Å².